The number of anilines is 2. The molecule has 0 unspecified atom stereocenters. The van der Waals surface area contributed by atoms with Crippen LogP contribution in [0.25, 0.3) is 0 Å². The number of nitrogens with one attached hydrogen (secondary N) is 1. The van der Waals surface area contributed by atoms with Crippen LogP contribution in [0.3, 0.4) is 0 Å². The largest absolute Gasteiger partial charge is 0.318 e. The van der Waals surface area contributed by atoms with Gasteiger partial charge in [-0.3, -0.25) is 10.1 Å². The SMILES string of the molecule is Cc1ccc(Cc2cnc(NC(=O)c3ccc4c(c3)SC3=NS(=O)(=O)CCN34)s2)cc1F. The Morgan fingerprint density at radius 3 is 2.91 bits per heavy atom. The normalized spacial score (nSPS) is 16.3. The van der Waals surface area contributed by atoms with E-state index in [0.29, 0.717) is 34.4 Å². The quantitative estimate of drug-likeness (QED) is 0.596. The summed E-state index contributed by atoms with van der Waals surface area (Å²) < 4.78 is 41.1. The predicted molar refractivity (Wildman–Crippen MR) is 125 cm³/mol. The highest BCUT2D eigenvalue weighted by Crippen LogP contribution is 2.42. The Labute approximate surface area is 192 Å². The van der Waals surface area contributed by atoms with Gasteiger partial charge in [0.1, 0.15) is 5.82 Å². The number of carbonyl (C=O) groups excluding carboxylic acids is 1. The topological polar surface area (TPSA) is 91.7 Å². The van der Waals surface area contributed by atoms with E-state index in [-0.39, 0.29) is 17.5 Å². The van der Waals surface area contributed by atoms with E-state index in [9.17, 15) is 17.6 Å². The number of amides is 1. The Balaban J connectivity index is 1.29. The van der Waals surface area contributed by atoms with E-state index in [1.165, 1.54) is 29.2 Å². The van der Waals surface area contributed by atoms with E-state index >= 15 is 0 Å². The van der Waals surface area contributed by atoms with Gasteiger partial charge in [-0.2, -0.15) is 0 Å². The van der Waals surface area contributed by atoms with Gasteiger partial charge in [0.2, 0.25) is 0 Å². The Kier molecular flexibility index (Phi) is 5.26. The molecule has 2 aromatic carbocycles. The minimum Gasteiger partial charge on any atom is -0.318 e. The van der Waals surface area contributed by atoms with E-state index in [2.05, 4.69) is 14.7 Å². The number of amidine groups is 1. The van der Waals surface area contributed by atoms with Gasteiger partial charge < -0.3 is 4.90 Å². The van der Waals surface area contributed by atoms with Crippen molar-refractivity contribution >= 4 is 55.0 Å². The Morgan fingerprint density at radius 2 is 2.09 bits per heavy atom. The number of benzene rings is 2. The van der Waals surface area contributed by atoms with Gasteiger partial charge in [0.05, 0.1) is 11.4 Å². The predicted octanol–water partition coefficient (Wildman–Crippen LogP) is 4.05. The zero-order valence-corrected chi connectivity index (χ0v) is 19.3. The smallest absolute Gasteiger partial charge is 0.257 e. The lowest BCUT2D eigenvalue weighted by atomic mass is 10.1. The molecule has 7 nitrogen and oxygen atoms in total. The van der Waals surface area contributed by atoms with Crippen LogP contribution in [0.5, 0.6) is 0 Å². The van der Waals surface area contributed by atoms with Crippen molar-refractivity contribution in [2.45, 2.75) is 18.2 Å². The number of rotatable bonds is 4. The molecule has 0 radical (unpaired) electrons. The van der Waals surface area contributed by atoms with Crippen molar-refractivity contribution < 1.29 is 17.6 Å². The highest BCUT2D eigenvalue weighted by molar-refractivity contribution is 8.15. The molecule has 0 spiro atoms. The number of aryl methyl sites for hydroxylation is 1. The monoisotopic (exact) mass is 488 g/mol. The number of thioether (sulfide) groups is 1. The van der Waals surface area contributed by atoms with E-state index in [4.69, 9.17) is 0 Å². The third-order valence-corrected chi connectivity index (χ3v) is 8.34. The average molecular weight is 489 g/mol. The summed E-state index contributed by atoms with van der Waals surface area (Å²) in [7, 11) is -3.43. The molecule has 2 aliphatic heterocycles. The summed E-state index contributed by atoms with van der Waals surface area (Å²) in [6.07, 6.45) is 2.20. The van der Waals surface area contributed by atoms with Gasteiger partial charge in [-0.1, -0.05) is 12.1 Å². The molecule has 1 N–H and O–H groups in total. The third-order valence-electron chi connectivity index (χ3n) is 5.12. The third kappa shape index (κ3) is 4.15. The summed E-state index contributed by atoms with van der Waals surface area (Å²) in [5.41, 5.74) is 2.73. The number of aromatic nitrogens is 1. The average Bonchev–Trinajstić information content (AvgIpc) is 3.32. The van der Waals surface area contributed by atoms with Crippen LogP contribution in [0.1, 0.15) is 26.4 Å². The van der Waals surface area contributed by atoms with Crippen LogP contribution >= 0.6 is 23.1 Å². The van der Waals surface area contributed by atoms with E-state index < -0.39 is 10.0 Å². The molecule has 0 bridgehead atoms. The number of hydrogen-bond donors (Lipinski definition) is 1. The number of sulfonamides is 1. The molecule has 0 saturated carbocycles. The minimum atomic E-state index is -3.43. The molecule has 5 rings (SSSR count). The highest BCUT2D eigenvalue weighted by Gasteiger charge is 2.33. The van der Waals surface area contributed by atoms with Crippen molar-refractivity contribution in [3.05, 3.63) is 70.0 Å². The molecular formula is C21H17FN4O3S3. The van der Waals surface area contributed by atoms with Crippen LogP contribution in [-0.2, 0) is 16.4 Å². The second-order valence-corrected chi connectivity index (χ2v) is 11.3. The first kappa shape index (κ1) is 21.1. The Bertz CT molecular complexity index is 1380. The Morgan fingerprint density at radius 1 is 1.25 bits per heavy atom. The molecule has 1 amide bonds. The summed E-state index contributed by atoms with van der Waals surface area (Å²) in [6, 6.07) is 10.4. The molecule has 3 aromatic rings. The molecule has 164 valence electrons. The fraction of sp³-hybridized carbons (Fsp3) is 0.190. The van der Waals surface area contributed by atoms with Gasteiger partial charge in [-0.15, -0.1) is 15.7 Å². The van der Waals surface area contributed by atoms with E-state index in [1.807, 2.05) is 11.0 Å². The lowest BCUT2D eigenvalue weighted by Gasteiger charge is -2.22. The molecule has 32 heavy (non-hydrogen) atoms. The minimum absolute atomic E-state index is 0.0274. The van der Waals surface area contributed by atoms with E-state index in [0.717, 1.165) is 21.0 Å². The van der Waals surface area contributed by atoms with Crippen LogP contribution in [0.4, 0.5) is 15.2 Å². The zero-order chi connectivity index (χ0) is 22.5. The van der Waals surface area contributed by atoms with Gasteiger partial charge in [0.25, 0.3) is 15.9 Å². The second-order valence-electron chi connectivity index (χ2n) is 7.44. The maximum absolute atomic E-state index is 13.8. The van der Waals surface area contributed by atoms with Gasteiger partial charge in [-0.25, -0.2) is 17.8 Å². The Hall–Kier alpha value is -2.76. The zero-order valence-electron chi connectivity index (χ0n) is 16.8. The number of nitrogens with zero attached hydrogens (tertiary/aromatic N) is 3. The van der Waals surface area contributed by atoms with Crippen molar-refractivity contribution in [2.24, 2.45) is 4.40 Å². The van der Waals surface area contributed by atoms with Crippen molar-refractivity contribution in [1.82, 2.24) is 4.98 Å². The van der Waals surface area contributed by atoms with Crippen molar-refractivity contribution in [3.63, 3.8) is 0 Å². The van der Waals surface area contributed by atoms with Crippen molar-refractivity contribution in [3.8, 4) is 0 Å². The summed E-state index contributed by atoms with van der Waals surface area (Å²) in [4.78, 5) is 20.5. The standard InChI is InChI=1S/C21H17FN4O3S3/c1-12-2-3-13(9-16(12)22)8-15-11-23-20(30-15)24-19(27)14-4-5-17-18(10-14)31-21-25-32(28,29)7-6-26(17)21/h2-5,9-11H,6-8H2,1H3,(H,23,24,27). The molecule has 3 heterocycles. The van der Waals surface area contributed by atoms with Crippen LogP contribution < -0.4 is 10.2 Å². The molecule has 11 heteroatoms. The summed E-state index contributed by atoms with van der Waals surface area (Å²) >= 11 is 2.58. The number of halogens is 1. The summed E-state index contributed by atoms with van der Waals surface area (Å²) in [5, 5.41) is 3.67. The number of hydrogen-bond acceptors (Lipinski definition) is 7. The lowest BCUT2D eigenvalue weighted by Crippen LogP contribution is -2.35. The molecule has 0 aliphatic carbocycles. The number of fused-ring (bicyclic) bond motifs is 3. The van der Waals surface area contributed by atoms with Gasteiger partial charge in [-0.05, 0) is 54.1 Å². The summed E-state index contributed by atoms with van der Waals surface area (Å²) in [5.74, 6) is -0.578. The lowest BCUT2D eigenvalue weighted by molar-refractivity contribution is 0.102. The summed E-state index contributed by atoms with van der Waals surface area (Å²) in [6.45, 7) is 2.07. The van der Waals surface area contributed by atoms with Gasteiger partial charge in [0.15, 0.2) is 10.3 Å². The molecule has 0 fully saturated rings. The van der Waals surface area contributed by atoms with Gasteiger partial charge in [0, 0.05) is 34.5 Å². The fourth-order valence-electron chi connectivity index (χ4n) is 3.44. The van der Waals surface area contributed by atoms with Crippen molar-refractivity contribution in [2.75, 3.05) is 22.5 Å². The first-order valence-electron chi connectivity index (χ1n) is 9.70. The molecule has 0 saturated heterocycles. The molecule has 0 atom stereocenters. The van der Waals surface area contributed by atoms with Crippen LogP contribution in [-0.4, -0.2) is 36.8 Å². The first-order valence-corrected chi connectivity index (χ1v) is 12.9. The van der Waals surface area contributed by atoms with Crippen molar-refractivity contribution in [1.29, 1.82) is 0 Å². The first-order chi connectivity index (χ1) is 15.3. The maximum atomic E-state index is 13.8. The molecular weight excluding hydrogens is 471 g/mol. The van der Waals surface area contributed by atoms with Gasteiger partial charge >= 0.3 is 0 Å². The fourth-order valence-corrected chi connectivity index (χ4v) is 6.57. The molecule has 2 aliphatic rings. The number of carbonyl (C=O) groups is 1. The number of thiazole rings is 1. The van der Waals surface area contributed by atoms with Crippen LogP contribution in [0.2, 0.25) is 0 Å². The molecule has 1 aromatic heterocycles. The second kappa shape index (κ2) is 7.98. The highest BCUT2D eigenvalue weighted by atomic mass is 32.2. The van der Waals surface area contributed by atoms with E-state index in [1.54, 1.807) is 37.4 Å². The van der Waals surface area contributed by atoms with Crippen LogP contribution in [0, 0.1) is 12.7 Å². The maximum Gasteiger partial charge on any atom is 0.257 e. The van der Waals surface area contributed by atoms with Crippen LogP contribution in [0.15, 0.2) is 51.9 Å².